The summed E-state index contributed by atoms with van der Waals surface area (Å²) in [6.07, 6.45) is 1.88. The zero-order valence-electron chi connectivity index (χ0n) is 11.2. The van der Waals surface area contributed by atoms with Gasteiger partial charge in [-0.05, 0) is 47.1 Å². The van der Waals surface area contributed by atoms with Gasteiger partial charge in [-0.25, -0.2) is 0 Å². The Labute approximate surface area is 130 Å². The van der Waals surface area contributed by atoms with Crippen LogP contribution in [-0.2, 0) is 17.8 Å². The molecule has 0 aromatic carbocycles. The number of rotatable bonds is 5. The fourth-order valence-electron chi connectivity index (χ4n) is 1.81. The topological polar surface area (TPSA) is 59.2 Å². The largest absolute Gasteiger partial charge is 0.397 e. The summed E-state index contributed by atoms with van der Waals surface area (Å²) in [6.45, 7) is 3.31. The van der Waals surface area contributed by atoms with Gasteiger partial charge in [0.2, 0.25) is 5.91 Å². The quantitative estimate of drug-likeness (QED) is 0.898. The predicted molar refractivity (Wildman–Crippen MR) is 85.5 cm³/mol. The first-order valence-corrected chi connectivity index (χ1v) is 7.92. The molecule has 2 rings (SSSR count). The molecular formula is C14H16BrN3OS. The van der Waals surface area contributed by atoms with Gasteiger partial charge in [0.25, 0.3) is 0 Å². The van der Waals surface area contributed by atoms with E-state index >= 15 is 0 Å². The van der Waals surface area contributed by atoms with Gasteiger partial charge in [0.05, 0.1) is 28.6 Å². The molecule has 0 saturated heterocycles. The van der Waals surface area contributed by atoms with Crippen LogP contribution in [0.1, 0.15) is 17.5 Å². The standard InChI is InChI=1S/C14H16BrN3OS/c1-2-18(9-12-5-6-13(15)20-12)14(19)7-11-4-3-10(16)8-17-11/h3-6,8H,2,7,9,16H2,1H3. The lowest BCUT2D eigenvalue weighted by atomic mass is 10.2. The third-order valence-corrected chi connectivity index (χ3v) is 4.50. The van der Waals surface area contributed by atoms with Gasteiger partial charge in [0.1, 0.15) is 0 Å². The minimum Gasteiger partial charge on any atom is -0.397 e. The van der Waals surface area contributed by atoms with Crippen LogP contribution in [0.4, 0.5) is 5.69 Å². The number of nitrogens with two attached hydrogens (primary N) is 1. The van der Waals surface area contributed by atoms with E-state index in [9.17, 15) is 4.79 Å². The second-order valence-corrected chi connectivity index (χ2v) is 6.92. The van der Waals surface area contributed by atoms with Crippen molar-refractivity contribution >= 4 is 38.9 Å². The van der Waals surface area contributed by atoms with E-state index in [1.54, 1.807) is 29.7 Å². The molecule has 2 aromatic rings. The van der Waals surface area contributed by atoms with Gasteiger partial charge in [0, 0.05) is 17.1 Å². The van der Waals surface area contributed by atoms with Crippen LogP contribution in [0.2, 0.25) is 0 Å². The molecule has 20 heavy (non-hydrogen) atoms. The van der Waals surface area contributed by atoms with E-state index in [1.807, 2.05) is 24.0 Å². The first-order chi connectivity index (χ1) is 9.58. The molecule has 0 bridgehead atoms. The zero-order chi connectivity index (χ0) is 14.5. The van der Waals surface area contributed by atoms with Crippen LogP contribution in [-0.4, -0.2) is 22.3 Å². The number of carbonyl (C=O) groups excluding carboxylic acids is 1. The molecule has 6 heteroatoms. The van der Waals surface area contributed by atoms with Crippen LogP contribution < -0.4 is 5.73 Å². The van der Waals surface area contributed by atoms with Crippen molar-refractivity contribution in [2.24, 2.45) is 0 Å². The van der Waals surface area contributed by atoms with Crippen LogP contribution in [0, 0.1) is 0 Å². The molecule has 0 atom stereocenters. The number of halogens is 1. The van der Waals surface area contributed by atoms with Crippen molar-refractivity contribution in [3.8, 4) is 0 Å². The first-order valence-electron chi connectivity index (χ1n) is 6.31. The van der Waals surface area contributed by atoms with E-state index in [0.717, 1.165) is 14.4 Å². The van der Waals surface area contributed by atoms with Crippen molar-refractivity contribution in [1.82, 2.24) is 9.88 Å². The third kappa shape index (κ3) is 4.05. The van der Waals surface area contributed by atoms with Gasteiger partial charge in [0.15, 0.2) is 0 Å². The summed E-state index contributed by atoms with van der Waals surface area (Å²) in [5.74, 6) is 0.0780. The number of anilines is 1. The van der Waals surface area contributed by atoms with E-state index in [2.05, 4.69) is 20.9 Å². The number of carbonyl (C=O) groups is 1. The van der Waals surface area contributed by atoms with Crippen LogP contribution >= 0.6 is 27.3 Å². The highest BCUT2D eigenvalue weighted by atomic mass is 79.9. The monoisotopic (exact) mass is 353 g/mol. The summed E-state index contributed by atoms with van der Waals surface area (Å²) in [5, 5.41) is 0. The molecule has 0 unspecified atom stereocenters. The second kappa shape index (κ2) is 6.85. The molecule has 0 radical (unpaired) electrons. The summed E-state index contributed by atoms with van der Waals surface area (Å²) < 4.78 is 1.08. The Balaban J connectivity index is 2.00. The summed E-state index contributed by atoms with van der Waals surface area (Å²) in [7, 11) is 0. The Kier molecular flexibility index (Phi) is 5.14. The molecule has 0 aliphatic carbocycles. The molecule has 106 valence electrons. The maximum Gasteiger partial charge on any atom is 0.228 e. The lowest BCUT2D eigenvalue weighted by molar-refractivity contribution is -0.130. The maximum atomic E-state index is 12.3. The minimum atomic E-state index is 0.0780. The highest BCUT2D eigenvalue weighted by Gasteiger charge is 2.14. The molecule has 1 amide bonds. The van der Waals surface area contributed by atoms with Crippen molar-refractivity contribution in [2.45, 2.75) is 19.9 Å². The van der Waals surface area contributed by atoms with Crippen molar-refractivity contribution < 1.29 is 4.79 Å². The zero-order valence-corrected chi connectivity index (χ0v) is 13.6. The molecule has 2 N–H and O–H groups in total. The second-order valence-electron chi connectivity index (χ2n) is 4.37. The average molecular weight is 354 g/mol. The minimum absolute atomic E-state index is 0.0780. The van der Waals surface area contributed by atoms with E-state index in [4.69, 9.17) is 5.73 Å². The van der Waals surface area contributed by atoms with E-state index < -0.39 is 0 Å². The normalized spacial score (nSPS) is 10.5. The van der Waals surface area contributed by atoms with E-state index in [-0.39, 0.29) is 5.91 Å². The Hall–Kier alpha value is -1.40. The number of hydrogen-bond acceptors (Lipinski definition) is 4. The number of nitrogens with zero attached hydrogens (tertiary/aromatic N) is 2. The maximum absolute atomic E-state index is 12.3. The number of aromatic nitrogens is 1. The Bertz CT molecular complexity index is 582. The average Bonchev–Trinajstić information content (AvgIpc) is 2.84. The van der Waals surface area contributed by atoms with Crippen molar-refractivity contribution in [1.29, 1.82) is 0 Å². The van der Waals surface area contributed by atoms with Gasteiger partial charge >= 0.3 is 0 Å². The Morgan fingerprint density at radius 2 is 2.20 bits per heavy atom. The SMILES string of the molecule is CCN(Cc1ccc(Br)s1)C(=O)Cc1ccc(N)cn1. The number of thiophene rings is 1. The van der Waals surface area contributed by atoms with Crippen LogP contribution in [0.5, 0.6) is 0 Å². The van der Waals surface area contributed by atoms with Crippen molar-refractivity contribution in [3.05, 3.63) is 44.8 Å². The van der Waals surface area contributed by atoms with Crippen molar-refractivity contribution in [3.63, 3.8) is 0 Å². The summed E-state index contributed by atoms with van der Waals surface area (Å²) in [6, 6.07) is 7.59. The van der Waals surface area contributed by atoms with E-state index in [1.165, 1.54) is 0 Å². The number of amides is 1. The number of hydrogen-bond donors (Lipinski definition) is 1. The summed E-state index contributed by atoms with van der Waals surface area (Å²) >= 11 is 5.08. The molecule has 0 aliphatic heterocycles. The molecule has 0 saturated carbocycles. The van der Waals surface area contributed by atoms with Gasteiger partial charge in [-0.15, -0.1) is 11.3 Å². The third-order valence-electron chi connectivity index (χ3n) is 2.89. The number of likely N-dealkylation sites (N-methyl/N-ethyl adjacent to an activating group) is 1. The lowest BCUT2D eigenvalue weighted by Crippen LogP contribution is -2.31. The molecule has 0 fully saturated rings. The summed E-state index contributed by atoms with van der Waals surface area (Å²) in [4.78, 5) is 19.4. The summed E-state index contributed by atoms with van der Waals surface area (Å²) in [5.41, 5.74) is 6.94. The number of pyridine rings is 1. The Morgan fingerprint density at radius 1 is 1.40 bits per heavy atom. The highest BCUT2D eigenvalue weighted by molar-refractivity contribution is 9.11. The highest BCUT2D eigenvalue weighted by Crippen LogP contribution is 2.23. The van der Waals surface area contributed by atoms with Crippen LogP contribution in [0.25, 0.3) is 0 Å². The van der Waals surface area contributed by atoms with Gasteiger partial charge < -0.3 is 10.6 Å². The van der Waals surface area contributed by atoms with E-state index in [0.29, 0.717) is 25.2 Å². The Morgan fingerprint density at radius 3 is 2.75 bits per heavy atom. The molecular weight excluding hydrogens is 338 g/mol. The molecule has 2 heterocycles. The van der Waals surface area contributed by atoms with Gasteiger partial charge in [-0.2, -0.15) is 0 Å². The van der Waals surface area contributed by atoms with Gasteiger partial charge in [-0.3, -0.25) is 9.78 Å². The van der Waals surface area contributed by atoms with Gasteiger partial charge in [-0.1, -0.05) is 0 Å². The van der Waals surface area contributed by atoms with Crippen molar-refractivity contribution in [2.75, 3.05) is 12.3 Å². The first kappa shape index (κ1) is 15.0. The predicted octanol–water partition coefficient (Wildman–Crippen LogP) is 3.08. The fourth-order valence-corrected chi connectivity index (χ4v) is 3.31. The smallest absolute Gasteiger partial charge is 0.228 e. The molecule has 0 aliphatic rings. The lowest BCUT2D eigenvalue weighted by Gasteiger charge is -2.20. The fraction of sp³-hybridized carbons (Fsp3) is 0.286. The molecule has 0 spiro atoms. The molecule has 4 nitrogen and oxygen atoms in total. The van der Waals surface area contributed by atoms with Crippen LogP contribution in [0.3, 0.4) is 0 Å². The number of nitrogen functional groups attached to an aromatic ring is 1. The van der Waals surface area contributed by atoms with Crippen LogP contribution in [0.15, 0.2) is 34.2 Å². The molecule has 2 aromatic heterocycles.